The van der Waals surface area contributed by atoms with E-state index in [0.717, 1.165) is 60.9 Å². The maximum atomic E-state index is 12.9. The number of hydrogen-bond acceptors (Lipinski definition) is 3. The maximum absolute atomic E-state index is 12.9. The Hall–Kier alpha value is -3.61. The van der Waals surface area contributed by atoms with Gasteiger partial charge in [-0.1, -0.05) is 30.3 Å². The summed E-state index contributed by atoms with van der Waals surface area (Å²) in [7, 11) is 0. The predicted molar refractivity (Wildman–Crippen MR) is 122 cm³/mol. The Morgan fingerprint density at radius 1 is 1.03 bits per heavy atom. The second-order valence-electron chi connectivity index (χ2n) is 8.61. The number of H-pyrrole nitrogens is 1. The third kappa shape index (κ3) is 3.98. The van der Waals surface area contributed by atoms with E-state index in [4.69, 9.17) is 0 Å². The van der Waals surface area contributed by atoms with E-state index in [1.54, 1.807) is 12.4 Å². The molecule has 0 spiro atoms. The number of anilines is 1. The molecule has 1 aromatic heterocycles. The summed E-state index contributed by atoms with van der Waals surface area (Å²) in [4.78, 5) is 24.8. The standard InChI is InChI=1S/C25H26N4O3/c30-24(31)22(11-15-4-1-5-16(10-15)19-13-26-27-14-19)28-25(32)29-23-20-8-2-6-17(20)12-18-7-3-9-21(18)23/h1,4-5,10,12-14,22H,2-3,6-9,11H2,(H,26,27)(H,30,31)(H2,28,29,32). The molecule has 0 fully saturated rings. The van der Waals surface area contributed by atoms with Crippen molar-refractivity contribution in [2.24, 2.45) is 0 Å². The fraction of sp³-hybridized carbons (Fsp3) is 0.320. The Morgan fingerprint density at radius 2 is 1.78 bits per heavy atom. The van der Waals surface area contributed by atoms with Crippen LogP contribution in [0.25, 0.3) is 11.1 Å². The number of aryl methyl sites for hydroxylation is 2. The van der Waals surface area contributed by atoms with Gasteiger partial charge in [0.1, 0.15) is 6.04 Å². The number of aliphatic carboxylic acids is 1. The summed E-state index contributed by atoms with van der Waals surface area (Å²) < 4.78 is 0. The molecule has 2 amide bonds. The first kappa shape index (κ1) is 20.3. The Kier molecular flexibility index (Phi) is 5.39. The van der Waals surface area contributed by atoms with Crippen molar-refractivity contribution >= 4 is 17.7 Å². The van der Waals surface area contributed by atoms with E-state index in [0.29, 0.717) is 0 Å². The molecular weight excluding hydrogens is 404 g/mol. The van der Waals surface area contributed by atoms with E-state index in [2.05, 4.69) is 26.9 Å². The number of carboxylic acid groups (broad SMARTS) is 1. The van der Waals surface area contributed by atoms with E-state index in [-0.39, 0.29) is 6.42 Å². The van der Waals surface area contributed by atoms with E-state index in [9.17, 15) is 14.7 Å². The van der Waals surface area contributed by atoms with Crippen molar-refractivity contribution in [1.82, 2.24) is 15.5 Å². The van der Waals surface area contributed by atoms with Crippen LogP contribution in [-0.4, -0.2) is 33.3 Å². The molecule has 1 unspecified atom stereocenters. The van der Waals surface area contributed by atoms with E-state index in [1.165, 1.54) is 22.3 Å². The van der Waals surface area contributed by atoms with Gasteiger partial charge in [0.2, 0.25) is 0 Å². The highest BCUT2D eigenvalue weighted by molar-refractivity contribution is 5.94. The van der Waals surface area contributed by atoms with Gasteiger partial charge < -0.3 is 15.7 Å². The lowest BCUT2D eigenvalue weighted by Crippen LogP contribution is -2.44. The second kappa shape index (κ2) is 8.49. The zero-order chi connectivity index (χ0) is 22.1. The van der Waals surface area contributed by atoms with Gasteiger partial charge in [0.25, 0.3) is 0 Å². The van der Waals surface area contributed by atoms with Crippen LogP contribution >= 0.6 is 0 Å². The number of aromatic nitrogens is 2. The van der Waals surface area contributed by atoms with E-state index >= 15 is 0 Å². The number of aromatic amines is 1. The highest BCUT2D eigenvalue weighted by Crippen LogP contribution is 2.38. The number of nitrogens with zero attached hydrogens (tertiary/aromatic N) is 1. The molecule has 1 heterocycles. The molecule has 7 nitrogen and oxygen atoms in total. The highest BCUT2D eigenvalue weighted by Gasteiger charge is 2.26. The first-order valence-corrected chi connectivity index (χ1v) is 11.1. The first-order chi connectivity index (χ1) is 15.6. The topological polar surface area (TPSA) is 107 Å². The number of carbonyl (C=O) groups excluding carboxylic acids is 1. The summed E-state index contributed by atoms with van der Waals surface area (Å²) in [5.74, 6) is -1.06. The van der Waals surface area contributed by atoms with Crippen molar-refractivity contribution in [2.75, 3.05) is 5.32 Å². The van der Waals surface area contributed by atoms with Crippen LogP contribution in [0, 0.1) is 0 Å². The zero-order valence-electron chi connectivity index (χ0n) is 17.8. The number of nitrogens with one attached hydrogen (secondary N) is 3. The molecule has 0 saturated carbocycles. The second-order valence-corrected chi connectivity index (χ2v) is 8.61. The number of carbonyl (C=O) groups is 2. The fourth-order valence-electron chi connectivity index (χ4n) is 5.00. The summed E-state index contributed by atoms with van der Waals surface area (Å²) in [6, 6.07) is 8.44. The van der Waals surface area contributed by atoms with Crippen LogP contribution in [0.3, 0.4) is 0 Å². The minimum atomic E-state index is -1.06. The third-order valence-electron chi connectivity index (χ3n) is 6.51. The van der Waals surface area contributed by atoms with Crippen molar-refractivity contribution in [3.05, 3.63) is 70.5 Å². The molecule has 2 aliphatic rings. The lowest BCUT2D eigenvalue weighted by Gasteiger charge is -2.19. The van der Waals surface area contributed by atoms with E-state index in [1.807, 2.05) is 24.3 Å². The number of hydrogen-bond donors (Lipinski definition) is 4. The van der Waals surface area contributed by atoms with Crippen molar-refractivity contribution in [2.45, 2.75) is 51.0 Å². The molecule has 1 atom stereocenters. The van der Waals surface area contributed by atoms with Gasteiger partial charge in [-0.15, -0.1) is 0 Å². The van der Waals surface area contributed by atoms with Gasteiger partial charge in [-0.25, -0.2) is 9.59 Å². The molecule has 0 radical (unpaired) electrons. The summed E-state index contributed by atoms with van der Waals surface area (Å²) in [6.07, 6.45) is 9.90. The monoisotopic (exact) mass is 430 g/mol. The molecule has 3 aromatic rings. The van der Waals surface area contributed by atoms with Crippen molar-refractivity contribution in [1.29, 1.82) is 0 Å². The number of rotatable bonds is 6. The van der Waals surface area contributed by atoms with Crippen molar-refractivity contribution in [3.8, 4) is 11.1 Å². The maximum Gasteiger partial charge on any atom is 0.326 e. The van der Waals surface area contributed by atoms with Crippen LogP contribution in [-0.2, 0) is 36.9 Å². The number of benzene rings is 2. The number of amides is 2. The van der Waals surface area contributed by atoms with Crippen LogP contribution in [0.5, 0.6) is 0 Å². The van der Waals surface area contributed by atoms with Gasteiger partial charge >= 0.3 is 12.0 Å². The van der Waals surface area contributed by atoms with Gasteiger partial charge in [0, 0.05) is 23.9 Å². The summed E-state index contributed by atoms with van der Waals surface area (Å²) in [6.45, 7) is 0. The van der Waals surface area contributed by atoms with Gasteiger partial charge in [0.05, 0.1) is 6.20 Å². The molecule has 2 aromatic carbocycles. The predicted octanol–water partition coefficient (Wildman–Crippen LogP) is 3.87. The van der Waals surface area contributed by atoms with Gasteiger partial charge in [0.15, 0.2) is 0 Å². The summed E-state index contributed by atoms with van der Waals surface area (Å²) in [5, 5.41) is 22.2. The minimum Gasteiger partial charge on any atom is -0.480 e. The summed E-state index contributed by atoms with van der Waals surface area (Å²) in [5.41, 5.74) is 8.71. The molecule has 2 aliphatic carbocycles. The van der Waals surface area contributed by atoms with Crippen molar-refractivity contribution in [3.63, 3.8) is 0 Å². The van der Waals surface area contributed by atoms with Crippen LogP contribution < -0.4 is 10.6 Å². The number of carboxylic acids is 1. The SMILES string of the molecule is O=C(Nc1c2c(cc3c1CCC3)CCC2)NC(Cc1cccc(-c2cn[nH]c2)c1)C(=O)O. The first-order valence-electron chi connectivity index (χ1n) is 11.1. The van der Waals surface area contributed by atoms with Crippen molar-refractivity contribution < 1.29 is 14.7 Å². The number of urea groups is 1. The smallest absolute Gasteiger partial charge is 0.326 e. The lowest BCUT2D eigenvalue weighted by atomic mass is 9.98. The van der Waals surface area contributed by atoms with E-state index < -0.39 is 18.0 Å². The van der Waals surface area contributed by atoms with Gasteiger partial charge in [-0.2, -0.15) is 5.10 Å². The molecule has 0 aliphatic heterocycles. The Bertz CT molecular complexity index is 1140. The van der Waals surface area contributed by atoms with Gasteiger partial charge in [-0.05, 0) is 71.9 Å². The molecule has 0 saturated heterocycles. The van der Waals surface area contributed by atoms with Crippen LogP contribution in [0.4, 0.5) is 10.5 Å². The molecule has 5 rings (SSSR count). The Labute approximate surface area is 186 Å². The average molecular weight is 431 g/mol. The molecule has 32 heavy (non-hydrogen) atoms. The minimum absolute atomic E-state index is 0.194. The molecule has 164 valence electrons. The number of fused-ring (bicyclic) bond motifs is 2. The molecule has 0 bridgehead atoms. The quantitative estimate of drug-likeness (QED) is 0.476. The van der Waals surface area contributed by atoms with Crippen LogP contribution in [0.2, 0.25) is 0 Å². The normalized spacial score (nSPS) is 15.1. The lowest BCUT2D eigenvalue weighted by molar-refractivity contribution is -0.139. The van der Waals surface area contributed by atoms with Crippen LogP contribution in [0.1, 0.15) is 40.7 Å². The van der Waals surface area contributed by atoms with Gasteiger partial charge in [-0.3, -0.25) is 5.10 Å². The zero-order valence-corrected chi connectivity index (χ0v) is 17.8. The Morgan fingerprint density at radius 3 is 2.44 bits per heavy atom. The fourth-order valence-corrected chi connectivity index (χ4v) is 5.00. The molecule has 7 heteroatoms. The highest BCUT2D eigenvalue weighted by atomic mass is 16.4. The largest absolute Gasteiger partial charge is 0.480 e. The average Bonchev–Trinajstić information content (AvgIpc) is 3.54. The Balaban J connectivity index is 1.32. The summed E-state index contributed by atoms with van der Waals surface area (Å²) >= 11 is 0. The molecular formula is C25H26N4O3. The molecule has 4 N–H and O–H groups in total. The third-order valence-corrected chi connectivity index (χ3v) is 6.51. The van der Waals surface area contributed by atoms with Crippen LogP contribution in [0.15, 0.2) is 42.7 Å².